The summed E-state index contributed by atoms with van der Waals surface area (Å²) in [7, 11) is 0. The molecular formula is C17H24N4O. The molecule has 1 aromatic carbocycles. The first-order valence-electron chi connectivity index (χ1n) is 7.81. The Morgan fingerprint density at radius 1 is 1.18 bits per heavy atom. The van der Waals surface area contributed by atoms with Crippen LogP contribution in [0.25, 0.3) is 0 Å². The molecular weight excluding hydrogens is 276 g/mol. The molecule has 2 aromatic rings. The van der Waals surface area contributed by atoms with E-state index in [9.17, 15) is 4.79 Å². The van der Waals surface area contributed by atoms with Crippen LogP contribution in [0, 0.1) is 5.92 Å². The van der Waals surface area contributed by atoms with Crippen molar-refractivity contribution in [1.82, 2.24) is 20.3 Å². The lowest BCUT2D eigenvalue weighted by molar-refractivity contribution is -0.123. The van der Waals surface area contributed by atoms with Crippen LogP contribution in [-0.4, -0.2) is 26.9 Å². The van der Waals surface area contributed by atoms with Crippen LogP contribution in [0.15, 0.2) is 42.7 Å². The summed E-state index contributed by atoms with van der Waals surface area (Å²) >= 11 is 0. The van der Waals surface area contributed by atoms with E-state index in [1.54, 1.807) is 17.2 Å². The van der Waals surface area contributed by atoms with Gasteiger partial charge in [0.2, 0.25) is 5.91 Å². The molecule has 2 rings (SSSR count). The van der Waals surface area contributed by atoms with E-state index in [1.165, 1.54) is 0 Å². The van der Waals surface area contributed by atoms with Crippen molar-refractivity contribution in [3.05, 3.63) is 48.3 Å². The molecule has 0 bridgehead atoms. The van der Waals surface area contributed by atoms with E-state index in [0.717, 1.165) is 12.0 Å². The summed E-state index contributed by atoms with van der Waals surface area (Å²) < 4.78 is 0. The van der Waals surface area contributed by atoms with Crippen molar-refractivity contribution >= 4 is 5.91 Å². The Labute approximate surface area is 131 Å². The van der Waals surface area contributed by atoms with E-state index >= 15 is 0 Å². The van der Waals surface area contributed by atoms with Crippen molar-refractivity contribution in [3.8, 4) is 0 Å². The smallest absolute Gasteiger partial charge is 0.227 e. The van der Waals surface area contributed by atoms with Gasteiger partial charge in [-0.15, -0.1) is 0 Å². The molecule has 0 saturated heterocycles. The maximum Gasteiger partial charge on any atom is 0.227 e. The van der Waals surface area contributed by atoms with Crippen molar-refractivity contribution in [2.75, 3.05) is 0 Å². The van der Waals surface area contributed by atoms with E-state index in [4.69, 9.17) is 0 Å². The molecule has 22 heavy (non-hydrogen) atoms. The number of hydrogen-bond donors (Lipinski definition) is 1. The molecule has 0 aliphatic heterocycles. The summed E-state index contributed by atoms with van der Waals surface area (Å²) in [5.74, 6) is 0.260. The lowest BCUT2D eigenvalue weighted by Crippen LogP contribution is -2.44. The van der Waals surface area contributed by atoms with E-state index in [2.05, 4.69) is 29.4 Å². The highest BCUT2D eigenvalue weighted by atomic mass is 16.2. The summed E-state index contributed by atoms with van der Waals surface area (Å²) in [5.41, 5.74) is 1.06. The first-order chi connectivity index (χ1) is 10.6. The zero-order chi connectivity index (χ0) is 15.9. The molecule has 2 atom stereocenters. The van der Waals surface area contributed by atoms with Gasteiger partial charge in [0, 0.05) is 0 Å². The van der Waals surface area contributed by atoms with Gasteiger partial charge in [0.1, 0.15) is 0 Å². The second-order valence-corrected chi connectivity index (χ2v) is 5.81. The molecule has 5 nitrogen and oxygen atoms in total. The molecule has 0 spiro atoms. The van der Waals surface area contributed by atoms with Crippen LogP contribution in [0.3, 0.4) is 0 Å². The normalized spacial score (nSPS) is 13.8. The quantitative estimate of drug-likeness (QED) is 0.855. The number of rotatable bonds is 7. The maximum atomic E-state index is 12.7. The molecule has 0 aliphatic carbocycles. The van der Waals surface area contributed by atoms with Crippen molar-refractivity contribution in [1.29, 1.82) is 0 Å². The van der Waals surface area contributed by atoms with Gasteiger partial charge in [-0.2, -0.15) is 15.0 Å². The van der Waals surface area contributed by atoms with Crippen molar-refractivity contribution < 1.29 is 4.79 Å². The minimum absolute atomic E-state index is 0.0117. The van der Waals surface area contributed by atoms with Gasteiger partial charge in [-0.05, 0) is 17.9 Å². The van der Waals surface area contributed by atoms with E-state index in [-0.39, 0.29) is 17.9 Å². The molecule has 5 heteroatoms. The van der Waals surface area contributed by atoms with Crippen LogP contribution in [-0.2, 0) is 11.3 Å². The van der Waals surface area contributed by atoms with Gasteiger partial charge in [-0.3, -0.25) is 4.79 Å². The number of carbonyl (C=O) groups is 1. The second kappa shape index (κ2) is 7.73. The average Bonchev–Trinajstić information content (AvgIpc) is 3.01. The molecule has 1 aromatic heterocycles. The van der Waals surface area contributed by atoms with Crippen LogP contribution in [0.2, 0.25) is 0 Å². The van der Waals surface area contributed by atoms with Crippen LogP contribution in [0.1, 0.15) is 38.7 Å². The van der Waals surface area contributed by atoms with Crippen molar-refractivity contribution in [2.24, 2.45) is 5.92 Å². The molecule has 0 aliphatic rings. The fourth-order valence-corrected chi connectivity index (χ4v) is 2.48. The first-order valence-corrected chi connectivity index (χ1v) is 7.81. The van der Waals surface area contributed by atoms with E-state index < -0.39 is 0 Å². The Balaban J connectivity index is 2.06. The van der Waals surface area contributed by atoms with E-state index in [0.29, 0.717) is 12.5 Å². The standard InChI is InChI=1S/C17H24N4O/c1-4-15(14-8-6-5-7-9-14)17(22)20-16(13(2)3)12-21-18-10-11-19-21/h5-11,13,15-16H,4,12H2,1-3H3,(H,20,22). The molecule has 0 radical (unpaired) electrons. The molecule has 0 fully saturated rings. The van der Waals surface area contributed by atoms with Crippen LogP contribution < -0.4 is 5.32 Å². The highest BCUT2D eigenvalue weighted by molar-refractivity contribution is 5.83. The highest BCUT2D eigenvalue weighted by Crippen LogP contribution is 2.20. The van der Waals surface area contributed by atoms with Gasteiger partial charge in [0.05, 0.1) is 30.9 Å². The average molecular weight is 300 g/mol. The summed E-state index contributed by atoms with van der Waals surface area (Å²) in [5, 5.41) is 11.4. The third-order valence-corrected chi connectivity index (χ3v) is 3.89. The maximum absolute atomic E-state index is 12.7. The Morgan fingerprint density at radius 3 is 2.36 bits per heavy atom. The lowest BCUT2D eigenvalue weighted by atomic mass is 9.94. The highest BCUT2D eigenvalue weighted by Gasteiger charge is 2.23. The van der Waals surface area contributed by atoms with Gasteiger partial charge in [-0.25, -0.2) is 0 Å². The fourth-order valence-electron chi connectivity index (χ4n) is 2.48. The fraction of sp³-hybridized carbons (Fsp3) is 0.471. The molecule has 1 heterocycles. The van der Waals surface area contributed by atoms with Gasteiger partial charge in [-0.1, -0.05) is 51.1 Å². The largest absolute Gasteiger partial charge is 0.351 e. The predicted octanol–water partition coefficient (Wildman–Crippen LogP) is 2.61. The molecule has 1 N–H and O–H groups in total. The SMILES string of the molecule is CCC(C(=O)NC(Cn1nccn1)C(C)C)c1ccccc1. The zero-order valence-electron chi connectivity index (χ0n) is 13.4. The van der Waals surface area contributed by atoms with Gasteiger partial charge in [0.15, 0.2) is 0 Å². The Hall–Kier alpha value is -2.17. The topological polar surface area (TPSA) is 59.8 Å². The Kier molecular flexibility index (Phi) is 5.69. The second-order valence-electron chi connectivity index (χ2n) is 5.81. The van der Waals surface area contributed by atoms with Crippen LogP contribution >= 0.6 is 0 Å². The molecule has 1 amide bonds. The number of amides is 1. The van der Waals surface area contributed by atoms with Gasteiger partial charge >= 0.3 is 0 Å². The summed E-state index contributed by atoms with van der Waals surface area (Å²) in [6, 6.07) is 9.93. The number of nitrogens with one attached hydrogen (secondary N) is 1. The number of carbonyl (C=O) groups excluding carboxylic acids is 1. The van der Waals surface area contributed by atoms with Crippen LogP contribution in [0.4, 0.5) is 0 Å². The lowest BCUT2D eigenvalue weighted by Gasteiger charge is -2.25. The summed E-state index contributed by atoms with van der Waals surface area (Å²) in [4.78, 5) is 14.3. The molecule has 118 valence electrons. The zero-order valence-corrected chi connectivity index (χ0v) is 13.4. The number of nitrogens with zero attached hydrogens (tertiary/aromatic N) is 3. The molecule has 0 saturated carbocycles. The minimum atomic E-state index is -0.118. The van der Waals surface area contributed by atoms with E-state index in [1.807, 2.05) is 37.3 Å². The monoisotopic (exact) mass is 300 g/mol. The Bertz CT molecular complexity index is 566. The summed E-state index contributed by atoms with van der Waals surface area (Å²) in [6.45, 7) is 6.81. The van der Waals surface area contributed by atoms with Crippen LogP contribution in [0.5, 0.6) is 0 Å². The first kappa shape index (κ1) is 16.2. The predicted molar refractivity (Wildman–Crippen MR) is 86.3 cm³/mol. The molecule has 2 unspecified atom stereocenters. The van der Waals surface area contributed by atoms with Gasteiger partial charge in [0.25, 0.3) is 0 Å². The number of aromatic nitrogens is 3. The van der Waals surface area contributed by atoms with Crippen molar-refractivity contribution in [2.45, 2.75) is 45.7 Å². The van der Waals surface area contributed by atoms with Gasteiger partial charge < -0.3 is 5.32 Å². The summed E-state index contributed by atoms with van der Waals surface area (Å²) in [6.07, 6.45) is 4.08. The third kappa shape index (κ3) is 4.16. The number of hydrogen-bond acceptors (Lipinski definition) is 3. The Morgan fingerprint density at radius 2 is 1.82 bits per heavy atom. The third-order valence-electron chi connectivity index (χ3n) is 3.89. The number of benzene rings is 1. The van der Waals surface area contributed by atoms with Crippen molar-refractivity contribution in [3.63, 3.8) is 0 Å². The minimum Gasteiger partial charge on any atom is -0.351 e.